The largest absolute Gasteiger partial charge is 0.494 e. The van der Waals surface area contributed by atoms with E-state index in [0.717, 1.165) is 24.8 Å². The van der Waals surface area contributed by atoms with E-state index < -0.39 is 24.5 Å². The van der Waals surface area contributed by atoms with Gasteiger partial charge in [0.1, 0.15) is 0 Å². The van der Waals surface area contributed by atoms with Crippen molar-refractivity contribution in [1.82, 2.24) is 0 Å². The molecule has 158 valence electrons. The molecule has 1 heterocycles. The highest BCUT2D eigenvalue weighted by atomic mass is 19.3. The maximum Gasteiger partial charge on any atom is 0.301 e. The van der Waals surface area contributed by atoms with Gasteiger partial charge in [0.25, 0.3) is 0 Å². The zero-order chi connectivity index (χ0) is 20.1. The summed E-state index contributed by atoms with van der Waals surface area (Å²) in [6.45, 7) is 2.83. The van der Waals surface area contributed by atoms with E-state index in [4.69, 9.17) is 14.2 Å². The number of rotatable bonds is 7. The molecule has 0 unspecified atom stereocenters. The minimum atomic E-state index is -3.22. The topological polar surface area (TPSA) is 27.7 Å². The maximum absolute atomic E-state index is 14.6. The number of hydrogen-bond acceptors (Lipinski definition) is 3. The molecule has 0 amide bonds. The van der Waals surface area contributed by atoms with Gasteiger partial charge in [-0.2, -0.15) is 0 Å². The molecule has 0 spiro atoms. The van der Waals surface area contributed by atoms with Gasteiger partial charge >= 0.3 is 5.92 Å². The molecule has 1 aromatic rings. The van der Waals surface area contributed by atoms with Crippen LogP contribution in [0.4, 0.5) is 13.2 Å². The van der Waals surface area contributed by atoms with Crippen molar-refractivity contribution >= 4 is 0 Å². The Morgan fingerprint density at radius 1 is 1.07 bits per heavy atom. The highest BCUT2D eigenvalue weighted by molar-refractivity contribution is 5.30. The molecule has 1 aliphatic heterocycles. The van der Waals surface area contributed by atoms with Gasteiger partial charge < -0.3 is 14.2 Å². The lowest BCUT2D eigenvalue weighted by Gasteiger charge is -2.39. The number of halogens is 3. The number of benzene rings is 1. The normalized spacial score (nSPS) is 28.9. The van der Waals surface area contributed by atoms with Crippen LogP contribution in [0.25, 0.3) is 0 Å². The van der Waals surface area contributed by atoms with E-state index in [1.807, 2.05) is 0 Å². The highest BCUT2D eigenvalue weighted by Crippen LogP contribution is 2.39. The Morgan fingerprint density at radius 3 is 2.32 bits per heavy atom. The third kappa shape index (κ3) is 5.20. The molecule has 1 saturated heterocycles. The van der Waals surface area contributed by atoms with Gasteiger partial charge in [-0.15, -0.1) is 0 Å². The molecule has 3 nitrogen and oxygen atoms in total. The second-order valence-corrected chi connectivity index (χ2v) is 8.23. The molecule has 3 rings (SSSR count). The van der Waals surface area contributed by atoms with Crippen LogP contribution in [0.5, 0.6) is 5.75 Å². The molecule has 1 aliphatic carbocycles. The molecule has 2 aliphatic rings. The molecule has 1 saturated carbocycles. The minimum Gasteiger partial charge on any atom is -0.494 e. The Balaban J connectivity index is 1.50. The quantitative estimate of drug-likeness (QED) is 0.596. The number of hydrogen-bond donors (Lipinski definition) is 0. The first-order valence-electron chi connectivity index (χ1n) is 10.4. The smallest absolute Gasteiger partial charge is 0.301 e. The molecule has 2 fully saturated rings. The lowest BCUT2D eigenvalue weighted by atomic mass is 9.75. The van der Waals surface area contributed by atoms with Crippen LogP contribution in [-0.2, 0) is 15.9 Å². The fourth-order valence-electron chi connectivity index (χ4n) is 4.57. The molecule has 1 aromatic carbocycles. The Morgan fingerprint density at radius 2 is 1.75 bits per heavy atom. The second kappa shape index (κ2) is 9.49. The van der Waals surface area contributed by atoms with E-state index in [2.05, 4.69) is 6.92 Å². The molecule has 0 N–H and O–H groups in total. The Hall–Kier alpha value is -1.27. The molecule has 0 bridgehead atoms. The standard InChI is InChI=1S/C22H31F3O3/c1-3-4-15-5-8-17(9-6-15)18-13-27-21(28-14-18)22(24,25)12-16-7-10-20(26-2)19(23)11-16/h7,10-11,15,17-18,21H,3-6,8-9,12-14H2,1-2H3. The Bertz CT molecular complexity index is 621. The fourth-order valence-corrected chi connectivity index (χ4v) is 4.57. The van der Waals surface area contributed by atoms with Crippen molar-refractivity contribution in [3.63, 3.8) is 0 Å². The summed E-state index contributed by atoms with van der Waals surface area (Å²) in [4.78, 5) is 0. The Labute approximate surface area is 165 Å². The van der Waals surface area contributed by atoms with E-state index in [-0.39, 0.29) is 17.2 Å². The number of alkyl halides is 2. The van der Waals surface area contributed by atoms with Crippen LogP contribution in [0.15, 0.2) is 18.2 Å². The third-order valence-corrected chi connectivity index (χ3v) is 6.18. The van der Waals surface area contributed by atoms with Crippen LogP contribution in [0, 0.1) is 23.6 Å². The summed E-state index contributed by atoms with van der Waals surface area (Å²) in [7, 11) is 1.34. The Kier molecular flexibility index (Phi) is 7.26. The van der Waals surface area contributed by atoms with E-state index >= 15 is 0 Å². The van der Waals surface area contributed by atoms with E-state index in [1.165, 1.54) is 44.9 Å². The van der Waals surface area contributed by atoms with E-state index in [9.17, 15) is 13.2 Å². The summed E-state index contributed by atoms with van der Waals surface area (Å²) in [5, 5.41) is 0. The van der Waals surface area contributed by atoms with E-state index in [0.29, 0.717) is 19.1 Å². The average Bonchev–Trinajstić information content (AvgIpc) is 2.69. The summed E-state index contributed by atoms with van der Waals surface area (Å²) in [6.07, 6.45) is 5.00. The molecular formula is C22H31F3O3. The molecular weight excluding hydrogens is 369 g/mol. The van der Waals surface area contributed by atoms with Gasteiger partial charge in [-0.05, 0) is 42.4 Å². The van der Waals surface area contributed by atoms with Crippen molar-refractivity contribution in [1.29, 1.82) is 0 Å². The summed E-state index contributed by atoms with van der Waals surface area (Å²) in [6, 6.07) is 3.87. The van der Waals surface area contributed by atoms with Crippen LogP contribution < -0.4 is 4.74 Å². The van der Waals surface area contributed by atoms with Crippen LogP contribution in [0.2, 0.25) is 0 Å². The summed E-state index contributed by atoms with van der Waals surface area (Å²) in [5.41, 5.74) is 0.187. The van der Waals surface area contributed by atoms with Gasteiger partial charge in [0, 0.05) is 12.3 Å². The van der Waals surface area contributed by atoms with Crippen molar-refractivity contribution in [2.75, 3.05) is 20.3 Å². The van der Waals surface area contributed by atoms with E-state index in [1.54, 1.807) is 0 Å². The predicted octanol–water partition coefficient (Wildman–Crippen LogP) is 5.61. The van der Waals surface area contributed by atoms with Gasteiger partial charge in [-0.3, -0.25) is 0 Å². The highest BCUT2D eigenvalue weighted by Gasteiger charge is 2.45. The zero-order valence-corrected chi connectivity index (χ0v) is 16.8. The number of ether oxygens (including phenoxy) is 3. The van der Waals surface area contributed by atoms with Crippen LogP contribution in [-0.4, -0.2) is 32.5 Å². The summed E-state index contributed by atoms with van der Waals surface area (Å²) >= 11 is 0. The van der Waals surface area contributed by atoms with Gasteiger partial charge in [0.05, 0.1) is 20.3 Å². The van der Waals surface area contributed by atoms with Crippen LogP contribution in [0.1, 0.15) is 51.0 Å². The van der Waals surface area contributed by atoms with Crippen molar-refractivity contribution in [3.05, 3.63) is 29.6 Å². The fraction of sp³-hybridized carbons (Fsp3) is 0.727. The monoisotopic (exact) mass is 400 g/mol. The van der Waals surface area contributed by atoms with Gasteiger partial charge in [-0.25, -0.2) is 13.2 Å². The molecule has 0 atom stereocenters. The van der Waals surface area contributed by atoms with Gasteiger partial charge in [-0.1, -0.05) is 38.7 Å². The van der Waals surface area contributed by atoms with Crippen molar-refractivity contribution < 1.29 is 27.4 Å². The molecule has 0 aromatic heterocycles. The van der Waals surface area contributed by atoms with Gasteiger partial charge in [0.15, 0.2) is 11.6 Å². The van der Waals surface area contributed by atoms with Crippen molar-refractivity contribution in [2.24, 2.45) is 17.8 Å². The lowest BCUT2D eigenvalue weighted by Crippen LogP contribution is -2.47. The van der Waals surface area contributed by atoms with Crippen LogP contribution in [0.3, 0.4) is 0 Å². The third-order valence-electron chi connectivity index (χ3n) is 6.18. The van der Waals surface area contributed by atoms with Crippen molar-refractivity contribution in [3.8, 4) is 5.75 Å². The predicted molar refractivity (Wildman–Crippen MR) is 101 cm³/mol. The van der Waals surface area contributed by atoms with Crippen LogP contribution >= 0.6 is 0 Å². The summed E-state index contributed by atoms with van der Waals surface area (Å²) in [5.74, 6) is -2.33. The average molecular weight is 400 g/mol. The molecule has 6 heteroatoms. The first kappa shape index (κ1) is 21.4. The maximum atomic E-state index is 14.6. The second-order valence-electron chi connectivity index (χ2n) is 8.23. The minimum absolute atomic E-state index is 0.0359. The van der Waals surface area contributed by atoms with Gasteiger partial charge in [0.2, 0.25) is 6.29 Å². The number of methoxy groups -OCH3 is 1. The molecule has 28 heavy (non-hydrogen) atoms. The summed E-state index contributed by atoms with van der Waals surface area (Å²) < 4.78 is 58.7. The molecule has 0 radical (unpaired) electrons. The SMILES string of the molecule is CCCC1CCC(C2COC(C(F)(F)Cc3ccc(OC)c(F)c3)OC2)CC1. The lowest BCUT2D eigenvalue weighted by molar-refractivity contribution is -0.294. The van der Waals surface area contributed by atoms with Crippen molar-refractivity contribution in [2.45, 2.75) is 64.1 Å². The first-order valence-corrected chi connectivity index (χ1v) is 10.4. The zero-order valence-electron chi connectivity index (χ0n) is 16.8. The first-order chi connectivity index (χ1) is 13.4.